The molecule has 0 bridgehead atoms. The fraction of sp³-hybridized carbons (Fsp3) is 0.667. The van der Waals surface area contributed by atoms with Crippen LogP contribution < -0.4 is 0 Å². The summed E-state index contributed by atoms with van der Waals surface area (Å²) in [5.41, 5.74) is 0. The molecule has 2 heterocycles. The Balaban J connectivity index is 1.77. The van der Waals surface area contributed by atoms with Gasteiger partial charge >= 0.3 is 5.97 Å². The van der Waals surface area contributed by atoms with E-state index in [1.54, 1.807) is 0 Å². The quantitative estimate of drug-likeness (QED) is 0.582. The third-order valence-corrected chi connectivity index (χ3v) is 9.86. The Labute approximate surface area is 107 Å². The van der Waals surface area contributed by atoms with Gasteiger partial charge in [-0.15, -0.1) is 47.0 Å². The van der Waals surface area contributed by atoms with Crippen LogP contribution >= 0.6 is 47.0 Å². The number of thioether (sulfide) groups is 4. The van der Waals surface area contributed by atoms with Gasteiger partial charge in [0, 0.05) is 23.3 Å². The molecule has 2 aliphatic heterocycles. The summed E-state index contributed by atoms with van der Waals surface area (Å²) in [6, 6.07) is 0. The highest BCUT2D eigenvalue weighted by Crippen LogP contribution is 2.64. The Kier molecular flexibility index (Phi) is 4.26. The summed E-state index contributed by atoms with van der Waals surface area (Å²) in [6.07, 6.45) is 1.22. The molecule has 15 heavy (non-hydrogen) atoms. The van der Waals surface area contributed by atoms with Crippen molar-refractivity contribution >= 4 is 53.0 Å². The highest BCUT2D eigenvalue weighted by atomic mass is 32.3. The van der Waals surface area contributed by atoms with Crippen LogP contribution in [-0.2, 0) is 9.53 Å². The monoisotopic (exact) mass is 280 g/mol. The van der Waals surface area contributed by atoms with Gasteiger partial charge in [-0.05, 0) is 0 Å². The van der Waals surface area contributed by atoms with E-state index in [4.69, 9.17) is 4.74 Å². The van der Waals surface area contributed by atoms with Crippen LogP contribution in [-0.4, -0.2) is 37.8 Å². The SMILES string of the molecule is C=CC(=O)OCC1CSC2(SCCS2)S1. The van der Waals surface area contributed by atoms with Gasteiger partial charge < -0.3 is 4.74 Å². The summed E-state index contributed by atoms with van der Waals surface area (Å²) in [4.78, 5) is 10.9. The molecule has 2 rings (SSSR count). The van der Waals surface area contributed by atoms with Crippen molar-refractivity contribution in [1.29, 1.82) is 0 Å². The van der Waals surface area contributed by atoms with E-state index in [0.717, 1.165) is 5.75 Å². The van der Waals surface area contributed by atoms with Gasteiger partial charge in [-0.2, -0.15) is 0 Å². The van der Waals surface area contributed by atoms with Crippen molar-refractivity contribution < 1.29 is 9.53 Å². The first kappa shape index (κ1) is 12.1. The van der Waals surface area contributed by atoms with E-state index in [0.29, 0.717) is 14.6 Å². The van der Waals surface area contributed by atoms with Gasteiger partial charge in [0.15, 0.2) is 2.74 Å². The summed E-state index contributed by atoms with van der Waals surface area (Å²) < 4.78 is 5.37. The van der Waals surface area contributed by atoms with E-state index < -0.39 is 0 Å². The predicted octanol–water partition coefficient (Wildman–Crippen LogP) is 2.66. The Morgan fingerprint density at radius 2 is 2.20 bits per heavy atom. The van der Waals surface area contributed by atoms with Crippen LogP contribution in [0.3, 0.4) is 0 Å². The molecule has 0 aromatic heterocycles. The second-order valence-corrected chi connectivity index (χ2v) is 10.0. The van der Waals surface area contributed by atoms with Crippen LogP contribution in [0.25, 0.3) is 0 Å². The second-order valence-electron chi connectivity index (χ2n) is 3.08. The molecular formula is C9H12O2S4. The molecule has 2 nitrogen and oxygen atoms in total. The van der Waals surface area contributed by atoms with Gasteiger partial charge in [-0.25, -0.2) is 4.79 Å². The lowest BCUT2D eigenvalue weighted by atomic mass is 10.5. The van der Waals surface area contributed by atoms with E-state index in [9.17, 15) is 4.79 Å². The van der Waals surface area contributed by atoms with Gasteiger partial charge in [0.1, 0.15) is 6.61 Å². The minimum Gasteiger partial charge on any atom is -0.461 e. The van der Waals surface area contributed by atoms with Crippen LogP contribution in [0.15, 0.2) is 12.7 Å². The number of hydrogen-bond donors (Lipinski definition) is 0. The topological polar surface area (TPSA) is 26.3 Å². The average molecular weight is 280 g/mol. The predicted molar refractivity (Wildman–Crippen MR) is 72.6 cm³/mol. The summed E-state index contributed by atoms with van der Waals surface area (Å²) in [5, 5.41) is 0.442. The maximum atomic E-state index is 10.9. The van der Waals surface area contributed by atoms with Crippen LogP contribution in [0.5, 0.6) is 0 Å². The van der Waals surface area contributed by atoms with Crippen LogP contribution in [0, 0.1) is 0 Å². The van der Waals surface area contributed by atoms with Crippen LogP contribution in [0.1, 0.15) is 0 Å². The van der Waals surface area contributed by atoms with Crippen molar-refractivity contribution in [2.75, 3.05) is 23.9 Å². The molecule has 6 heteroatoms. The minimum atomic E-state index is -0.312. The van der Waals surface area contributed by atoms with Crippen molar-refractivity contribution in [3.63, 3.8) is 0 Å². The van der Waals surface area contributed by atoms with Crippen molar-refractivity contribution in [3.8, 4) is 0 Å². The molecule has 0 amide bonds. The Morgan fingerprint density at radius 3 is 2.87 bits per heavy atom. The molecule has 1 unspecified atom stereocenters. The Hall–Kier alpha value is 0.610. The fourth-order valence-electron chi connectivity index (χ4n) is 1.31. The molecule has 0 aliphatic carbocycles. The number of rotatable bonds is 3. The summed E-state index contributed by atoms with van der Waals surface area (Å²) >= 11 is 7.99. The standard InChI is InChI=1S/C9H12O2S4/c1-2-8(10)11-5-7-6-14-9(15-7)12-3-4-13-9/h2,7H,1,3-6H2. The molecule has 0 N–H and O–H groups in total. The Bertz CT molecular complexity index is 263. The highest BCUT2D eigenvalue weighted by Gasteiger charge is 2.44. The normalized spacial score (nSPS) is 28.1. The first-order valence-electron chi connectivity index (χ1n) is 4.63. The summed E-state index contributed by atoms with van der Waals surface area (Å²) in [6.45, 7) is 3.90. The molecule has 0 aromatic carbocycles. The minimum absolute atomic E-state index is 0.297. The molecule has 2 fully saturated rings. The summed E-state index contributed by atoms with van der Waals surface area (Å²) in [7, 11) is 0. The number of esters is 1. The van der Waals surface area contributed by atoms with Crippen molar-refractivity contribution in [3.05, 3.63) is 12.7 Å². The zero-order valence-corrected chi connectivity index (χ0v) is 11.4. The third-order valence-electron chi connectivity index (χ3n) is 1.98. The zero-order chi connectivity index (χ0) is 10.7. The molecule has 2 aliphatic rings. The molecular weight excluding hydrogens is 268 g/mol. The van der Waals surface area contributed by atoms with Gasteiger partial charge in [0.25, 0.3) is 0 Å². The fourth-order valence-corrected chi connectivity index (χ4v) is 9.14. The van der Waals surface area contributed by atoms with Gasteiger partial charge in [-0.3, -0.25) is 0 Å². The van der Waals surface area contributed by atoms with Crippen molar-refractivity contribution in [2.24, 2.45) is 0 Å². The van der Waals surface area contributed by atoms with Gasteiger partial charge in [-0.1, -0.05) is 6.58 Å². The molecule has 1 spiro atoms. The van der Waals surface area contributed by atoms with E-state index >= 15 is 0 Å². The summed E-state index contributed by atoms with van der Waals surface area (Å²) in [5.74, 6) is 3.25. The number of ether oxygens (including phenoxy) is 1. The molecule has 0 aromatic rings. The maximum absolute atomic E-state index is 10.9. The lowest BCUT2D eigenvalue weighted by Gasteiger charge is -2.18. The molecule has 0 radical (unpaired) electrons. The lowest BCUT2D eigenvalue weighted by molar-refractivity contribution is -0.137. The van der Waals surface area contributed by atoms with E-state index in [2.05, 4.69) is 6.58 Å². The highest BCUT2D eigenvalue weighted by molar-refractivity contribution is 8.50. The number of hydrogen-bond acceptors (Lipinski definition) is 6. The van der Waals surface area contributed by atoms with Crippen molar-refractivity contribution in [2.45, 2.75) is 7.99 Å². The number of carbonyl (C=O) groups is 1. The largest absolute Gasteiger partial charge is 0.461 e. The van der Waals surface area contributed by atoms with Crippen LogP contribution in [0.4, 0.5) is 0 Å². The number of carbonyl (C=O) groups excluding carboxylic acids is 1. The average Bonchev–Trinajstić information content (AvgIpc) is 2.86. The van der Waals surface area contributed by atoms with E-state index in [1.807, 2.05) is 47.0 Å². The first-order chi connectivity index (χ1) is 7.24. The lowest BCUT2D eigenvalue weighted by Crippen LogP contribution is -2.15. The van der Waals surface area contributed by atoms with Crippen LogP contribution in [0.2, 0.25) is 0 Å². The van der Waals surface area contributed by atoms with E-state index in [-0.39, 0.29) is 5.97 Å². The maximum Gasteiger partial charge on any atom is 0.330 e. The van der Waals surface area contributed by atoms with Crippen molar-refractivity contribution in [1.82, 2.24) is 0 Å². The first-order valence-corrected chi connectivity index (χ1v) is 8.47. The Morgan fingerprint density at radius 1 is 1.47 bits per heavy atom. The molecule has 1 atom stereocenters. The third kappa shape index (κ3) is 3.05. The molecule has 2 saturated heterocycles. The van der Waals surface area contributed by atoms with Gasteiger partial charge in [0.05, 0.1) is 5.25 Å². The molecule has 0 saturated carbocycles. The smallest absolute Gasteiger partial charge is 0.330 e. The molecule has 84 valence electrons. The second kappa shape index (κ2) is 5.29. The van der Waals surface area contributed by atoms with Gasteiger partial charge in [0.2, 0.25) is 0 Å². The van der Waals surface area contributed by atoms with E-state index in [1.165, 1.54) is 17.6 Å². The zero-order valence-electron chi connectivity index (χ0n) is 8.14.